The van der Waals surface area contributed by atoms with Gasteiger partial charge in [0, 0.05) is 49.9 Å². The molecule has 9 nitrogen and oxygen atoms in total. The second kappa shape index (κ2) is 10.8. The van der Waals surface area contributed by atoms with Gasteiger partial charge >= 0.3 is 0 Å². The van der Waals surface area contributed by atoms with Crippen molar-refractivity contribution in [1.82, 2.24) is 20.0 Å². The third-order valence-electron chi connectivity index (χ3n) is 6.89. The molecule has 0 radical (unpaired) electrons. The molecule has 1 saturated carbocycles. The summed E-state index contributed by atoms with van der Waals surface area (Å²) in [6.45, 7) is 2.70. The van der Waals surface area contributed by atoms with Crippen LogP contribution in [0, 0.1) is 0 Å². The first-order valence-corrected chi connectivity index (χ1v) is 12.4. The summed E-state index contributed by atoms with van der Waals surface area (Å²) in [7, 11) is 3.19. The van der Waals surface area contributed by atoms with E-state index >= 15 is 0 Å². The van der Waals surface area contributed by atoms with Gasteiger partial charge < -0.3 is 23.8 Å². The second-order valence-electron chi connectivity index (χ2n) is 9.10. The number of amides is 1. The Morgan fingerprint density at radius 2 is 1.81 bits per heavy atom. The molecule has 2 fully saturated rings. The predicted octanol–water partition coefficient (Wildman–Crippen LogP) is 4.17. The zero-order chi connectivity index (χ0) is 24.9. The number of pyridine rings is 1. The van der Waals surface area contributed by atoms with E-state index in [-0.39, 0.29) is 5.91 Å². The van der Waals surface area contributed by atoms with Gasteiger partial charge in [0.1, 0.15) is 5.82 Å². The quantitative estimate of drug-likeness (QED) is 0.457. The number of aromatic nitrogens is 3. The van der Waals surface area contributed by atoms with Crippen molar-refractivity contribution in [2.75, 3.05) is 45.3 Å². The second-order valence-corrected chi connectivity index (χ2v) is 9.10. The molecule has 9 heteroatoms. The van der Waals surface area contributed by atoms with Gasteiger partial charge in [0.2, 0.25) is 17.6 Å². The Hall–Kier alpha value is -3.88. The third-order valence-corrected chi connectivity index (χ3v) is 6.89. The lowest BCUT2D eigenvalue weighted by atomic mass is 10.1. The van der Waals surface area contributed by atoms with Gasteiger partial charge in [0.25, 0.3) is 0 Å². The number of hydrogen-bond donors (Lipinski definition) is 0. The van der Waals surface area contributed by atoms with E-state index in [2.05, 4.69) is 20.0 Å². The van der Waals surface area contributed by atoms with Crippen molar-refractivity contribution in [2.24, 2.45) is 0 Å². The summed E-state index contributed by atoms with van der Waals surface area (Å²) in [6, 6.07) is 9.53. The van der Waals surface area contributed by atoms with Crippen LogP contribution in [0.2, 0.25) is 0 Å². The fourth-order valence-corrected chi connectivity index (χ4v) is 4.78. The third kappa shape index (κ3) is 5.19. The molecule has 1 aliphatic carbocycles. The summed E-state index contributed by atoms with van der Waals surface area (Å²) >= 11 is 0. The monoisotopic (exact) mass is 489 g/mol. The molecule has 1 saturated heterocycles. The molecule has 188 valence electrons. The number of ether oxygens (including phenoxy) is 2. The van der Waals surface area contributed by atoms with Crippen molar-refractivity contribution in [3.8, 4) is 22.9 Å². The van der Waals surface area contributed by atoms with Crippen molar-refractivity contribution in [1.29, 1.82) is 0 Å². The van der Waals surface area contributed by atoms with Crippen LogP contribution in [-0.4, -0.2) is 66.3 Å². The Labute approximate surface area is 210 Å². The smallest absolute Gasteiger partial charge is 0.246 e. The van der Waals surface area contributed by atoms with Crippen LogP contribution >= 0.6 is 0 Å². The predicted molar refractivity (Wildman–Crippen MR) is 136 cm³/mol. The number of carbonyl (C=O) groups is 1. The lowest BCUT2D eigenvalue weighted by Crippen LogP contribution is -2.48. The number of carbonyl (C=O) groups excluding carboxylic acids is 1. The van der Waals surface area contributed by atoms with Crippen LogP contribution in [0.15, 0.2) is 47.1 Å². The highest BCUT2D eigenvalue weighted by molar-refractivity contribution is 5.92. The van der Waals surface area contributed by atoms with Crippen molar-refractivity contribution in [3.05, 3.63) is 54.1 Å². The lowest BCUT2D eigenvalue weighted by Gasteiger charge is -2.35. The number of hydrogen-bond acceptors (Lipinski definition) is 8. The van der Waals surface area contributed by atoms with Crippen LogP contribution in [0.25, 0.3) is 17.5 Å². The highest BCUT2D eigenvalue weighted by Crippen LogP contribution is 2.34. The fraction of sp³-hybridized carbons (Fsp3) is 0.407. The standard InChI is InChI=1S/C27H31N5O4/c1-34-22-10-7-19(17-23(22)35-2)8-12-25(33)32-15-13-31(14-16-32)24-11-9-21(18-28-24)26-29-27(36-30-26)20-5-3-4-6-20/h7-12,17-18,20H,3-6,13-16H2,1-2H3/b12-8-. The Morgan fingerprint density at radius 3 is 2.50 bits per heavy atom. The van der Waals surface area contributed by atoms with Gasteiger partial charge in [0.05, 0.1) is 14.2 Å². The molecule has 0 bridgehead atoms. The van der Waals surface area contributed by atoms with Gasteiger partial charge in [-0.2, -0.15) is 4.98 Å². The highest BCUT2D eigenvalue weighted by atomic mass is 16.5. The Kier molecular flexibility index (Phi) is 7.16. The summed E-state index contributed by atoms with van der Waals surface area (Å²) in [4.78, 5) is 26.0. The van der Waals surface area contributed by atoms with E-state index in [0.29, 0.717) is 36.3 Å². The molecule has 3 heterocycles. The maximum atomic E-state index is 12.7. The zero-order valence-corrected chi connectivity index (χ0v) is 20.7. The normalized spacial score (nSPS) is 16.6. The molecule has 1 aromatic carbocycles. The lowest BCUT2D eigenvalue weighted by molar-refractivity contribution is -0.126. The zero-order valence-electron chi connectivity index (χ0n) is 20.7. The molecule has 0 unspecified atom stereocenters. The first-order chi connectivity index (χ1) is 17.6. The SMILES string of the molecule is COc1ccc(/C=C\C(=O)N2CCN(c3ccc(-c4noc(C5CCCC5)n4)cn3)CC2)cc1OC. The maximum absolute atomic E-state index is 12.7. The average Bonchev–Trinajstić information content (AvgIpc) is 3.64. The van der Waals surface area contributed by atoms with Gasteiger partial charge in [-0.25, -0.2) is 4.98 Å². The maximum Gasteiger partial charge on any atom is 0.246 e. The van der Waals surface area contributed by atoms with Crippen LogP contribution < -0.4 is 14.4 Å². The van der Waals surface area contributed by atoms with Crippen LogP contribution in [0.1, 0.15) is 43.1 Å². The van der Waals surface area contributed by atoms with Crippen LogP contribution in [0.3, 0.4) is 0 Å². The molecule has 36 heavy (non-hydrogen) atoms. The molecular formula is C27H31N5O4. The van der Waals surface area contributed by atoms with Crippen molar-refractivity contribution < 1.29 is 18.8 Å². The molecule has 1 amide bonds. The first-order valence-electron chi connectivity index (χ1n) is 12.4. The number of methoxy groups -OCH3 is 2. The number of rotatable bonds is 7. The minimum atomic E-state index is -0.0112. The molecule has 3 aromatic rings. The first kappa shape index (κ1) is 23.8. The summed E-state index contributed by atoms with van der Waals surface area (Å²) in [6.07, 6.45) is 9.90. The molecule has 2 aliphatic rings. The van der Waals surface area contributed by atoms with E-state index < -0.39 is 0 Å². The van der Waals surface area contributed by atoms with E-state index in [0.717, 1.165) is 48.8 Å². The van der Waals surface area contributed by atoms with Crippen molar-refractivity contribution >= 4 is 17.8 Å². The number of anilines is 1. The number of piperazine rings is 1. The van der Waals surface area contributed by atoms with Crippen molar-refractivity contribution in [2.45, 2.75) is 31.6 Å². The van der Waals surface area contributed by atoms with Gasteiger partial charge in [-0.3, -0.25) is 4.79 Å². The molecular weight excluding hydrogens is 458 g/mol. The molecule has 1 aliphatic heterocycles. The highest BCUT2D eigenvalue weighted by Gasteiger charge is 2.24. The summed E-state index contributed by atoms with van der Waals surface area (Å²) in [5.74, 6) is 3.89. The van der Waals surface area contributed by atoms with E-state index in [1.165, 1.54) is 12.8 Å². The van der Waals surface area contributed by atoms with Crippen molar-refractivity contribution in [3.63, 3.8) is 0 Å². The molecule has 0 spiro atoms. The summed E-state index contributed by atoms with van der Waals surface area (Å²) in [5.41, 5.74) is 1.72. The topological polar surface area (TPSA) is 93.8 Å². The Balaban J connectivity index is 1.15. The van der Waals surface area contributed by atoms with Gasteiger partial charge in [-0.05, 0) is 48.7 Å². The largest absolute Gasteiger partial charge is 0.493 e. The minimum Gasteiger partial charge on any atom is -0.493 e. The minimum absolute atomic E-state index is 0.0112. The molecule has 0 N–H and O–H groups in total. The van der Waals surface area contributed by atoms with Crippen LogP contribution in [-0.2, 0) is 4.79 Å². The van der Waals surface area contributed by atoms with E-state index in [9.17, 15) is 4.79 Å². The van der Waals surface area contributed by atoms with Crippen LogP contribution in [0.5, 0.6) is 11.5 Å². The van der Waals surface area contributed by atoms with E-state index in [4.69, 9.17) is 14.0 Å². The van der Waals surface area contributed by atoms with E-state index in [1.807, 2.05) is 35.2 Å². The number of benzene rings is 1. The fourth-order valence-electron chi connectivity index (χ4n) is 4.78. The van der Waals surface area contributed by atoms with Gasteiger partial charge in [-0.1, -0.05) is 24.1 Å². The van der Waals surface area contributed by atoms with E-state index in [1.54, 1.807) is 32.6 Å². The summed E-state index contributed by atoms with van der Waals surface area (Å²) in [5, 5.41) is 4.16. The number of nitrogens with zero attached hydrogens (tertiary/aromatic N) is 5. The van der Waals surface area contributed by atoms with Gasteiger partial charge in [-0.15, -0.1) is 0 Å². The van der Waals surface area contributed by atoms with Gasteiger partial charge in [0.15, 0.2) is 11.5 Å². The molecule has 5 rings (SSSR count). The summed E-state index contributed by atoms with van der Waals surface area (Å²) < 4.78 is 16.1. The Morgan fingerprint density at radius 1 is 1.03 bits per heavy atom. The van der Waals surface area contributed by atoms with Crippen LogP contribution in [0.4, 0.5) is 5.82 Å². The molecule has 2 aromatic heterocycles. The molecule has 0 atom stereocenters. The Bertz CT molecular complexity index is 1210. The average molecular weight is 490 g/mol.